The summed E-state index contributed by atoms with van der Waals surface area (Å²) in [5.74, 6) is -1.16. The summed E-state index contributed by atoms with van der Waals surface area (Å²) < 4.78 is 27.6. The zero-order valence-electron chi connectivity index (χ0n) is 17.6. The number of carbonyl (C=O) groups is 3. The van der Waals surface area contributed by atoms with Crippen molar-refractivity contribution >= 4 is 27.9 Å². The molecule has 31 heavy (non-hydrogen) atoms. The summed E-state index contributed by atoms with van der Waals surface area (Å²) in [5.41, 5.74) is 2.04. The SMILES string of the molecule is Cc1ccc(C(=O)NN2C(=O)NC3(CCCCC3)C2=O)cc1S(=O)(=O)N1CCCCC1. The largest absolute Gasteiger partial charge is 0.344 e. The van der Waals surface area contributed by atoms with Crippen LogP contribution in [0.2, 0.25) is 0 Å². The van der Waals surface area contributed by atoms with Gasteiger partial charge in [-0.15, -0.1) is 0 Å². The smallest absolute Gasteiger partial charge is 0.322 e. The van der Waals surface area contributed by atoms with Crippen molar-refractivity contribution in [3.63, 3.8) is 0 Å². The van der Waals surface area contributed by atoms with E-state index in [1.54, 1.807) is 13.0 Å². The zero-order valence-corrected chi connectivity index (χ0v) is 18.5. The number of hydrogen-bond donors (Lipinski definition) is 2. The molecular weight excluding hydrogens is 420 g/mol. The third kappa shape index (κ3) is 3.94. The normalized spacial score (nSPS) is 21.9. The number of benzene rings is 1. The number of carbonyl (C=O) groups excluding carboxylic acids is 3. The second-order valence-corrected chi connectivity index (χ2v) is 10.5. The van der Waals surface area contributed by atoms with Crippen LogP contribution < -0.4 is 10.7 Å². The fourth-order valence-corrected chi connectivity index (χ4v) is 6.41. The molecule has 0 atom stereocenters. The molecule has 9 nitrogen and oxygen atoms in total. The second kappa shape index (κ2) is 8.23. The number of sulfonamides is 1. The van der Waals surface area contributed by atoms with Crippen molar-refractivity contribution in [1.29, 1.82) is 0 Å². The third-order valence-electron chi connectivity index (χ3n) is 6.47. The predicted molar refractivity (Wildman–Crippen MR) is 112 cm³/mol. The summed E-state index contributed by atoms with van der Waals surface area (Å²) in [6, 6.07) is 3.73. The molecule has 0 radical (unpaired) electrons. The summed E-state index contributed by atoms with van der Waals surface area (Å²) in [7, 11) is -3.73. The molecule has 2 aliphatic heterocycles. The number of piperidine rings is 1. The highest BCUT2D eigenvalue weighted by atomic mass is 32.2. The van der Waals surface area contributed by atoms with Crippen LogP contribution in [0.4, 0.5) is 4.79 Å². The van der Waals surface area contributed by atoms with Gasteiger partial charge in [0.2, 0.25) is 10.0 Å². The molecule has 3 aliphatic rings. The Kier molecular flexibility index (Phi) is 5.78. The Morgan fingerprint density at radius 1 is 1.03 bits per heavy atom. The van der Waals surface area contributed by atoms with Gasteiger partial charge in [-0.25, -0.2) is 13.2 Å². The molecule has 1 saturated carbocycles. The molecule has 0 unspecified atom stereocenters. The molecule has 168 valence electrons. The van der Waals surface area contributed by atoms with Gasteiger partial charge in [0.25, 0.3) is 11.8 Å². The molecule has 2 heterocycles. The number of amides is 4. The Balaban J connectivity index is 1.55. The van der Waals surface area contributed by atoms with Crippen LogP contribution in [0.5, 0.6) is 0 Å². The first kappa shape index (κ1) is 21.8. The number of imide groups is 1. The van der Waals surface area contributed by atoms with Gasteiger partial charge in [0.1, 0.15) is 5.54 Å². The lowest BCUT2D eigenvalue weighted by atomic mass is 9.82. The van der Waals surface area contributed by atoms with Gasteiger partial charge in [-0.2, -0.15) is 9.31 Å². The zero-order chi connectivity index (χ0) is 22.2. The summed E-state index contributed by atoms with van der Waals surface area (Å²) in [5, 5.41) is 3.46. The highest BCUT2D eigenvalue weighted by Crippen LogP contribution is 2.33. The first-order valence-corrected chi connectivity index (χ1v) is 12.3. The Morgan fingerprint density at radius 3 is 2.35 bits per heavy atom. The molecule has 2 saturated heterocycles. The monoisotopic (exact) mass is 448 g/mol. The van der Waals surface area contributed by atoms with Crippen LogP contribution >= 0.6 is 0 Å². The van der Waals surface area contributed by atoms with Gasteiger partial charge in [0.15, 0.2) is 0 Å². The molecule has 0 aromatic heterocycles. The molecule has 1 spiro atoms. The van der Waals surface area contributed by atoms with Gasteiger partial charge in [-0.3, -0.25) is 15.0 Å². The van der Waals surface area contributed by atoms with E-state index in [1.165, 1.54) is 16.4 Å². The van der Waals surface area contributed by atoms with Crippen LogP contribution in [0.1, 0.15) is 67.3 Å². The highest BCUT2D eigenvalue weighted by molar-refractivity contribution is 7.89. The van der Waals surface area contributed by atoms with Crippen molar-refractivity contribution in [2.75, 3.05) is 13.1 Å². The van der Waals surface area contributed by atoms with Crippen LogP contribution in [0, 0.1) is 6.92 Å². The van der Waals surface area contributed by atoms with Crippen LogP contribution in [-0.4, -0.2) is 54.2 Å². The van der Waals surface area contributed by atoms with E-state index in [9.17, 15) is 22.8 Å². The number of hydrazine groups is 1. The summed E-state index contributed by atoms with van der Waals surface area (Å²) in [4.78, 5) is 38.2. The molecule has 3 fully saturated rings. The minimum absolute atomic E-state index is 0.0722. The average Bonchev–Trinajstić information content (AvgIpc) is 2.98. The van der Waals surface area contributed by atoms with Gasteiger partial charge in [-0.05, 0) is 50.3 Å². The second-order valence-electron chi connectivity index (χ2n) is 8.60. The average molecular weight is 449 g/mol. The van der Waals surface area contributed by atoms with Crippen molar-refractivity contribution in [3.05, 3.63) is 29.3 Å². The minimum atomic E-state index is -3.73. The topological polar surface area (TPSA) is 116 Å². The van der Waals surface area contributed by atoms with Crippen molar-refractivity contribution in [2.24, 2.45) is 0 Å². The van der Waals surface area contributed by atoms with Crippen LogP contribution in [-0.2, 0) is 14.8 Å². The number of rotatable bonds is 4. The molecule has 1 aromatic rings. The molecule has 4 rings (SSSR count). The van der Waals surface area contributed by atoms with Gasteiger partial charge < -0.3 is 5.32 Å². The van der Waals surface area contributed by atoms with Gasteiger partial charge in [-0.1, -0.05) is 31.7 Å². The molecule has 2 N–H and O–H groups in total. The van der Waals surface area contributed by atoms with Gasteiger partial charge in [0, 0.05) is 18.7 Å². The number of aryl methyl sites for hydroxylation is 1. The van der Waals surface area contributed by atoms with Crippen LogP contribution in [0.15, 0.2) is 23.1 Å². The maximum atomic E-state index is 13.1. The van der Waals surface area contributed by atoms with Crippen LogP contribution in [0.25, 0.3) is 0 Å². The van der Waals surface area contributed by atoms with E-state index in [0.29, 0.717) is 31.5 Å². The summed E-state index contributed by atoms with van der Waals surface area (Å²) in [6.45, 7) is 2.61. The maximum absolute atomic E-state index is 13.1. The van der Waals surface area contributed by atoms with Crippen molar-refractivity contribution in [2.45, 2.75) is 68.7 Å². The van der Waals surface area contributed by atoms with E-state index in [4.69, 9.17) is 0 Å². The lowest BCUT2D eigenvalue weighted by Crippen LogP contribution is -2.51. The Bertz CT molecular complexity index is 1010. The van der Waals surface area contributed by atoms with E-state index >= 15 is 0 Å². The quantitative estimate of drug-likeness (QED) is 0.684. The van der Waals surface area contributed by atoms with E-state index in [-0.39, 0.29) is 10.5 Å². The third-order valence-corrected chi connectivity index (χ3v) is 8.51. The standard InChI is InChI=1S/C21H28N4O5S/c1-15-8-9-16(14-17(15)31(29,30)24-12-6-3-7-13-24)18(26)23-25-19(27)21(22-20(25)28)10-4-2-5-11-21/h8-9,14H,2-7,10-13H2,1H3,(H,22,28)(H,23,26). The lowest BCUT2D eigenvalue weighted by Gasteiger charge is -2.30. The highest BCUT2D eigenvalue weighted by Gasteiger charge is 2.52. The number of nitrogens with zero attached hydrogens (tertiary/aromatic N) is 2. The van der Waals surface area contributed by atoms with Crippen LogP contribution in [0.3, 0.4) is 0 Å². The maximum Gasteiger partial charge on any atom is 0.344 e. The minimum Gasteiger partial charge on any atom is -0.322 e. The number of urea groups is 1. The molecule has 10 heteroatoms. The predicted octanol–water partition coefficient (Wildman–Crippen LogP) is 2.07. The fourth-order valence-electron chi connectivity index (χ4n) is 4.65. The molecular formula is C21H28N4O5S. The van der Waals surface area contributed by atoms with E-state index in [1.807, 2.05) is 0 Å². The number of nitrogens with one attached hydrogen (secondary N) is 2. The first-order valence-electron chi connectivity index (χ1n) is 10.8. The van der Waals surface area contributed by atoms with E-state index in [0.717, 1.165) is 43.5 Å². The first-order chi connectivity index (χ1) is 14.7. The summed E-state index contributed by atoms with van der Waals surface area (Å²) >= 11 is 0. The summed E-state index contributed by atoms with van der Waals surface area (Å²) in [6.07, 6.45) is 6.40. The van der Waals surface area contributed by atoms with Gasteiger partial charge in [0.05, 0.1) is 4.90 Å². The van der Waals surface area contributed by atoms with E-state index < -0.39 is 33.4 Å². The Hall–Kier alpha value is -2.46. The van der Waals surface area contributed by atoms with Crippen molar-refractivity contribution < 1.29 is 22.8 Å². The van der Waals surface area contributed by atoms with E-state index in [2.05, 4.69) is 10.7 Å². The molecule has 4 amide bonds. The van der Waals surface area contributed by atoms with Crippen molar-refractivity contribution in [3.8, 4) is 0 Å². The lowest BCUT2D eigenvalue weighted by molar-refractivity contribution is -0.134. The molecule has 1 aromatic carbocycles. The fraction of sp³-hybridized carbons (Fsp3) is 0.571. The molecule has 0 bridgehead atoms. The number of hydrogen-bond acceptors (Lipinski definition) is 5. The molecule has 1 aliphatic carbocycles. The Morgan fingerprint density at radius 2 is 1.68 bits per heavy atom. The Labute approximate surface area is 182 Å². The van der Waals surface area contributed by atoms with Gasteiger partial charge >= 0.3 is 6.03 Å². The van der Waals surface area contributed by atoms with Crippen molar-refractivity contribution in [1.82, 2.24) is 20.1 Å².